The number of rotatable bonds is 5. The maximum Gasteiger partial charge on any atom is 0.194 e. The van der Waals surface area contributed by atoms with Gasteiger partial charge in [-0.1, -0.05) is 0 Å². The number of piperidine rings is 1. The number of ether oxygens (including phenoxy) is 1. The first kappa shape index (κ1) is 18.0. The Kier molecular flexibility index (Phi) is 5.45. The van der Waals surface area contributed by atoms with Crippen molar-refractivity contribution >= 4 is 10.9 Å². The average molecular weight is 343 g/mol. The summed E-state index contributed by atoms with van der Waals surface area (Å²) in [7, 11) is 4.31. The summed E-state index contributed by atoms with van der Waals surface area (Å²) in [6, 6.07) is 6.24. The summed E-state index contributed by atoms with van der Waals surface area (Å²) < 4.78 is 5.56. The van der Waals surface area contributed by atoms with Crippen LogP contribution in [-0.2, 0) is 6.54 Å². The number of nitrogens with zero attached hydrogens (tertiary/aromatic N) is 2. The van der Waals surface area contributed by atoms with Gasteiger partial charge in [-0.3, -0.25) is 9.69 Å². The highest BCUT2D eigenvalue weighted by atomic mass is 16.5. The van der Waals surface area contributed by atoms with Gasteiger partial charge in [0.2, 0.25) is 0 Å². The predicted molar refractivity (Wildman–Crippen MR) is 102 cm³/mol. The molecule has 1 aromatic carbocycles. The molecule has 0 atom stereocenters. The minimum absolute atomic E-state index is 0.118. The van der Waals surface area contributed by atoms with E-state index in [2.05, 4.69) is 28.9 Å². The van der Waals surface area contributed by atoms with Crippen molar-refractivity contribution in [3.8, 4) is 5.75 Å². The van der Waals surface area contributed by atoms with Crippen LogP contribution in [0, 0.1) is 6.92 Å². The van der Waals surface area contributed by atoms with Crippen LogP contribution in [-0.4, -0.2) is 54.6 Å². The Morgan fingerprint density at radius 1 is 1.32 bits per heavy atom. The number of H-pyrrole nitrogens is 1. The van der Waals surface area contributed by atoms with Crippen molar-refractivity contribution in [3.05, 3.63) is 39.7 Å². The van der Waals surface area contributed by atoms with E-state index >= 15 is 0 Å². The molecule has 0 aliphatic carbocycles. The number of benzene rings is 1. The molecule has 0 saturated carbocycles. The zero-order valence-corrected chi connectivity index (χ0v) is 15.8. The Bertz CT molecular complexity index is 791. The third kappa shape index (κ3) is 3.88. The number of fused-ring (bicyclic) bond motifs is 1. The normalized spacial score (nSPS) is 16.7. The van der Waals surface area contributed by atoms with E-state index in [1.54, 1.807) is 0 Å². The molecular weight excluding hydrogens is 314 g/mol. The van der Waals surface area contributed by atoms with Crippen LogP contribution in [0.3, 0.4) is 0 Å². The van der Waals surface area contributed by atoms with Crippen LogP contribution in [0.15, 0.2) is 23.0 Å². The third-order valence-corrected chi connectivity index (χ3v) is 5.31. The number of pyridine rings is 1. The number of aryl methyl sites for hydroxylation is 1. The minimum Gasteiger partial charge on any atom is -0.494 e. The largest absolute Gasteiger partial charge is 0.494 e. The number of aromatic amines is 1. The third-order valence-electron chi connectivity index (χ3n) is 5.31. The summed E-state index contributed by atoms with van der Waals surface area (Å²) in [5.74, 6) is 0.749. The molecule has 136 valence electrons. The molecule has 1 aromatic heterocycles. The highest BCUT2D eigenvalue weighted by Crippen LogP contribution is 2.21. The van der Waals surface area contributed by atoms with Crippen molar-refractivity contribution in [1.82, 2.24) is 14.8 Å². The molecular formula is C20H29N3O2. The van der Waals surface area contributed by atoms with E-state index in [1.807, 2.05) is 32.0 Å². The Labute approximate surface area is 149 Å². The summed E-state index contributed by atoms with van der Waals surface area (Å²) >= 11 is 0. The molecule has 0 bridgehead atoms. The fourth-order valence-electron chi connectivity index (χ4n) is 3.69. The molecule has 1 aliphatic heterocycles. The van der Waals surface area contributed by atoms with Gasteiger partial charge in [-0.05, 0) is 72.1 Å². The van der Waals surface area contributed by atoms with Gasteiger partial charge < -0.3 is 14.6 Å². The number of aromatic nitrogens is 1. The van der Waals surface area contributed by atoms with Crippen LogP contribution < -0.4 is 10.2 Å². The molecule has 2 heterocycles. The van der Waals surface area contributed by atoms with Gasteiger partial charge in [0.05, 0.1) is 6.61 Å². The zero-order chi connectivity index (χ0) is 18.0. The van der Waals surface area contributed by atoms with Crippen LogP contribution in [0.5, 0.6) is 5.75 Å². The maximum absolute atomic E-state index is 13.1. The fourth-order valence-corrected chi connectivity index (χ4v) is 3.69. The predicted octanol–water partition coefficient (Wildman–Crippen LogP) is 2.76. The van der Waals surface area contributed by atoms with Crippen LogP contribution in [0.1, 0.15) is 31.0 Å². The van der Waals surface area contributed by atoms with E-state index in [0.717, 1.165) is 48.5 Å². The van der Waals surface area contributed by atoms with Crippen molar-refractivity contribution in [2.45, 2.75) is 39.3 Å². The van der Waals surface area contributed by atoms with E-state index in [1.165, 1.54) is 0 Å². The van der Waals surface area contributed by atoms with Crippen LogP contribution in [0.4, 0.5) is 0 Å². The second-order valence-corrected chi connectivity index (χ2v) is 7.15. The lowest BCUT2D eigenvalue weighted by Gasteiger charge is -2.35. The molecule has 5 nitrogen and oxygen atoms in total. The van der Waals surface area contributed by atoms with E-state index in [-0.39, 0.29) is 5.43 Å². The van der Waals surface area contributed by atoms with Crippen molar-refractivity contribution in [2.24, 2.45) is 0 Å². The molecule has 1 aliphatic rings. The lowest BCUT2D eigenvalue weighted by atomic mass is 10.0. The quantitative estimate of drug-likeness (QED) is 0.907. The number of hydrogen-bond donors (Lipinski definition) is 1. The number of likely N-dealkylation sites (tertiary alicyclic amines) is 1. The molecule has 1 saturated heterocycles. The van der Waals surface area contributed by atoms with Gasteiger partial charge in [0.15, 0.2) is 5.43 Å². The molecule has 1 N–H and O–H groups in total. The minimum atomic E-state index is 0.118. The summed E-state index contributed by atoms with van der Waals surface area (Å²) in [6.07, 6.45) is 2.32. The van der Waals surface area contributed by atoms with E-state index in [0.29, 0.717) is 24.6 Å². The summed E-state index contributed by atoms with van der Waals surface area (Å²) in [6.45, 7) is 7.48. The van der Waals surface area contributed by atoms with Gasteiger partial charge in [-0.25, -0.2) is 0 Å². The molecule has 25 heavy (non-hydrogen) atoms. The lowest BCUT2D eigenvalue weighted by molar-refractivity contribution is 0.139. The molecule has 0 spiro atoms. The van der Waals surface area contributed by atoms with Crippen molar-refractivity contribution < 1.29 is 4.74 Å². The van der Waals surface area contributed by atoms with Gasteiger partial charge in [0.1, 0.15) is 5.75 Å². The summed E-state index contributed by atoms with van der Waals surface area (Å²) in [4.78, 5) is 21.2. The van der Waals surface area contributed by atoms with Gasteiger partial charge in [0, 0.05) is 34.7 Å². The van der Waals surface area contributed by atoms with Crippen LogP contribution in [0.25, 0.3) is 10.9 Å². The van der Waals surface area contributed by atoms with Crippen LogP contribution in [0.2, 0.25) is 0 Å². The first-order valence-corrected chi connectivity index (χ1v) is 9.16. The van der Waals surface area contributed by atoms with E-state index < -0.39 is 0 Å². The van der Waals surface area contributed by atoms with Crippen molar-refractivity contribution in [1.29, 1.82) is 0 Å². The molecule has 5 heteroatoms. The lowest BCUT2D eigenvalue weighted by Crippen LogP contribution is -2.42. The Balaban J connectivity index is 1.88. The van der Waals surface area contributed by atoms with Gasteiger partial charge >= 0.3 is 0 Å². The summed E-state index contributed by atoms with van der Waals surface area (Å²) in [5, 5.41) is 0.711. The first-order chi connectivity index (χ1) is 12.0. The molecule has 0 amide bonds. The molecule has 3 rings (SSSR count). The first-order valence-electron chi connectivity index (χ1n) is 9.16. The van der Waals surface area contributed by atoms with Crippen molar-refractivity contribution in [2.75, 3.05) is 33.8 Å². The Morgan fingerprint density at radius 3 is 2.72 bits per heavy atom. The standard InChI is InChI=1S/C20H29N3O2/c1-5-25-16-6-7-19-17(12-16)20(24)18(14(2)21-19)13-23(4)15-8-10-22(3)11-9-15/h6-7,12,15H,5,8-11,13H2,1-4H3,(H,21,24). The fraction of sp³-hybridized carbons (Fsp3) is 0.550. The Hall–Kier alpha value is -1.85. The molecule has 1 fully saturated rings. The second-order valence-electron chi connectivity index (χ2n) is 7.15. The highest BCUT2D eigenvalue weighted by molar-refractivity contribution is 5.81. The Morgan fingerprint density at radius 2 is 2.04 bits per heavy atom. The van der Waals surface area contributed by atoms with Gasteiger partial charge in [-0.15, -0.1) is 0 Å². The maximum atomic E-state index is 13.1. The van der Waals surface area contributed by atoms with Crippen molar-refractivity contribution in [3.63, 3.8) is 0 Å². The summed E-state index contributed by atoms with van der Waals surface area (Å²) in [5.41, 5.74) is 2.81. The number of nitrogens with one attached hydrogen (secondary N) is 1. The topological polar surface area (TPSA) is 48.6 Å². The van der Waals surface area contributed by atoms with E-state index in [9.17, 15) is 4.79 Å². The number of hydrogen-bond acceptors (Lipinski definition) is 4. The zero-order valence-electron chi connectivity index (χ0n) is 15.8. The smallest absolute Gasteiger partial charge is 0.194 e. The second kappa shape index (κ2) is 7.58. The highest BCUT2D eigenvalue weighted by Gasteiger charge is 2.22. The molecule has 0 unspecified atom stereocenters. The average Bonchev–Trinajstić information content (AvgIpc) is 2.60. The van der Waals surface area contributed by atoms with Crippen LogP contribution >= 0.6 is 0 Å². The monoisotopic (exact) mass is 343 g/mol. The molecule has 0 radical (unpaired) electrons. The van der Waals surface area contributed by atoms with E-state index in [4.69, 9.17) is 4.74 Å². The SMILES string of the molecule is CCOc1ccc2[nH]c(C)c(CN(C)C3CCN(C)CC3)c(=O)c2c1. The van der Waals surface area contributed by atoms with Gasteiger partial charge in [0.25, 0.3) is 0 Å². The van der Waals surface area contributed by atoms with Gasteiger partial charge in [-0.2, -0.15) is 0 Å². The molecule has 2 aromatic rings.